The monoisotopic (exact) mass is 383 g/mol. The Morgan fingerprint density at radius 1 is 0.966 bits per heavy atom. The van der Waals surface area contributed by atoms with Gasteiger partial charge in [0.05, 0.1) is 17.6 Å². The van der Waals surface area contributed by atoms with E-state index in [2.05, 4.69) is 28.8 Å². The topological polar surface area (TPSA) is 74.1 Å². The van der Waals surface area contributed by atoms with Gasteiger partial charge in [-0.25, -0.2) is 0 Å². The first-order chi connectivity index (χ1) is 14.2. The van der Waals surface area contributed by atoms with Crippen molar-refractivity contribution in [3.63, 3.8) is 0 Å². The van der Waals surface area contributed by atoms with Gasteiger partial charge < -0.3 is 15.4 Å². The molecule has 0 aromatic heterocycles. The summed E-state index contributed by atoms with van der Waals surface area (Å²) in [5, 5.41) is 15.2. The number of benzene rings is 3. The van der Waals surface area contributed by atoms with Crippen LogP contribution in [0.5, 0.6) is 11.5 Å². The van der Waals surface area contributed by atoms with Crippen LogP contribution in [0.15, 0.2) is 78.9 Å². The molecule has 3 aromatic rings. The molecule has 1 saturated heterocycles. The van der Waals surface area contributed by atoms with E-state index < -0.39 is 0 Å². The third kappa shape index (κ3) is 4.45. The number of nitrogens with one attached hydrogen (secondary N) is 2. The number of rotatable bonds is 5. The maximum atomic E-state index is 12.9. The van der Waals surface area contributed by atoms with Gasteiger partial charge in [-0.3, -0.25) is 4.79 Å². The summed E-state index contributed by atoms with van der Waals surface area (Å²) < 4.78 is 5.84. The number of amides is 1. The number of hydrogen-bond donors (Lipinski definition) is 2. The van der Waals surface area contributed by atoms with Gasteiger partial charge in [0.25, 0.3) is 0 Å². The van der Waals surface area contributed by atoms with Crippen molar-refractivity contribution in [3.05, 3.63) is 90.0 Å². The van der Waals surface area contributed by atoms with E-state index in [0.717, 1.165) is 6.54 Å². The van der Waals surface area contributed by atoms with E-state index in [-0.39, 0.29) is 17.7 Å². The van der Waals surface area contributed by atoms with Crippen LogP contribution in [0.2, 0.25) is 0 Å². The predicted molar refractivity (Wildman–Crippen MR) is 112 cm³/mol. The molecule has 0 radical (unpaired) electrons. The van der Waals surface area contributed by atoms with Crippen LogP contribution in [0.25, 0.3) is 0 Å². The second-order valence-electron chi connectivity index (χ2n) is 7.04. The fourth-order valence-electron chi connectivity index (χ4n) is 3.61. The van der Waals surface area contributed by atoms with Crippen LogP contribution in [0.4, 0.5) is 5.69 Å². The van der Waals surface area contributed by atoms with E-state index in [0.29, 0.717) is 29.3 Å². The highest BCUT2D eigenvalue weighted by atomic mass is 16.5. The van der Waals surface area contributed by atoms with E-state index in [1.54, 1.807) is 30.3 Å². The Bertz CT molecular complexity index is 1030. The summed E-state index contributed by atoms with van der Waals surface area (Å²) in [6.45, 7) is 1.46. The van der Waals surface area contributed by atoms with E-state index in [9.17, 15) is 4.79 Å². The van der Waals surface area contributed by atoms with E-state index in [1.165, 1.54) is 5.56 Å². The summed E-state index contributed by atoms with van der Waals surface area (Å²) in [5.74, 6) is 1.29. The highest BCUT2D eigenvalue weighted by molar-refractivity contribution is 5.93. The lowest BCUT2D eigenvalue weighted by Gasteiger charge is -2.19. The fourth-order valence-corrected chi connectivity index (χ4v) is 3.61. The first-order valence-electron chi connectivity index (χ1n) is 9.57. The Kier molecular flexibility index (Phi) is 5.55. The van der Waals surface area contributed by atoms with Crippen molar-refractivity contribution in [2.75, 3.05) is 18.4 Å². The quantitative estimate of drug-likeness (QED) is 0.689. The number of carbonyl (C=O) groups excluding carboxylic acids is 1. The zero-order chi connectivity index (χ0) is 20.1. The van der Waals surface area contributed by atoms with Crippen LogP contribution in [0, 0.1) is 17.2 Å². The average molecular weight is 383 g/mol. The molecule has 5 nitrogen and oxygen atoms in total. The van der Waals surface area contributed by atoms with Crippen molar-refractivity contribution in [1.29, 1.82) is 5.26 Å². The van der Waals surface area contributed by atoms with Gasteiger partial charge in [-0.1, -0.05) is 36.4 Å². The lowest BCUT2D eigenvalue weighted by molar-refractivity contribution is -0.119. The summed E-state index contributed by atoms with van der Waals surface area (Å²) in [5.41, 5.74) is 2.45. The van der Waals surface area contributed by atoms with Crippen molar-refractivity contribution >= 4 is 11.6 Å². The predicted octanol–water partition coefficient (Wildman–Crippen LogP) is 4.29. The SMILES string of the molecule is N#Cc1ccc(Oc2cccc(NC(=O)[C@H]3CNC[C@@H]3c3ccccc3)c2)cc1. The molecular formula is C24H21N3O2. The van der Waals surface area contributed by atoms with Crippen molar-refractivity contribution in [3.8, 4) is 17.6 Å². The van der Waals surface area contributed by atoms with Gasteiger partial charge >= 0.3 is 0 Å². The lowest BCUT2D eigenvalue weighted by Crippen LogP contribution is -2.28. The van der Waals surface area contributed by atoms with Crippen LogP contribution in [-0.2, 0) is 4.79 Å². The summed E-state index contributed by atoms with van der Waals surface area (Å²) >= 11 is 0. The number of nitriles is 1. The maximum Gasteiger partial charge on any atom is 0.229 e. The van der Waals surface area contributed by atoms with Crippen molar-refractivity contribution in [2.45, 2.75) is 5.92 Å². The molecule has 0 unspecified atom stereocenters. The first kappa shape index (κ1) is 18.7. The molecule has 1 aliphatic rings. The second-order valence-corrected chi connectivity index (χ2v) is 7.04. The molecule has 0 saturated carbocycles. The van der Waals surface area contributed by atoms with Gasteiger partial charge in [-0.2, -0.15) is 5.26 Å². The van der Waals surface area contributed by atoms with Gasteiger partial charge in [-0.15, -0.1) is 0 Å². The van der Waals surface area contributed by atoms with E-state index >= 15 is 0 Å². The molecule has 0 spiro atoms. The molecule has 0 aliphatic carbocycles. The molecule has 144 valence electrons. The lowest BCUT2D eigenvalue weighted by atomic mass is 9.88. The van der Waals surface area contributed by atoms with Gasteiger partial charge in [0.1, 0.15) is 11.5 Å². The second kappa shape index (κ2) is 8.59. The molecule has 2 atom stereocenters. The van der Waals surface area contributed by atoms with Crippen LogP contribution < -0.4 is 15.4 Å². The number of anilines is 1. The minimum Gasteiger partial charge on any atom is -0.457 e. The largest absolute Gasteiger partial charge is 0.457 e. The van der Waals surface area contributed by atoms with Crippen molar-refractivity contribution in [2.24, 2.45) is 5.92 Å². The zero-order valence-electron chi connectivity index (χ0n) is 15.8. The molecule has 1 aliphatic heterocycles. The van der Waals surface area contributed by atoms with E-state index in [4.69, 9.17) is 10.00 Å². The van der Waals surface area contributed by atoms with Gasteiger partial charge in [0.15, 0.2) is 0 Å². The minimum absolute atomic E-state index is 0.000578. The smallest absolute Gasteiger partial charge is 0.229 e. The molecule has 0 bridgehead atoms. The molecule has 5 heteroatoms. The summed E-state index contributed by atoms with van der Waals surface area (Å²) in [6.07, 6.45) is 0. The molecule has 29 heavy (non-hydrogen) atoms. The number of nitrogens with zero attached hydrogens (tertiary/aromatic N) is 1. The third-order valence-corrected chi connectivity index (χ3v) is 5.10. The molecule has 1 heterocycles. The Labute approximate surface area is 169 Å². The van der Waals surface area contributed by atoms with Gasteiger partial charge in [-0.05, 0) is 42.0 Å². The fraction of sp³-hybridized carbons (Fsp3) is 0.167. The molecule has 2 N–H and O–H groups in total. The number of carbonyl (C=O) groups is 1. The Hall–Kier alpha value is -3.62. The number of hydrogen-bond acceptors (Lipinski definition) is 4. The Balaban J connectivity index is 1.44. The Morgan fingerprint density at radius 3 is 2.52 bits per heavy atom. The number of ether oxygens (including phenoxy) is 1. The highest BCUT2D eigenvalue weighted by Gasteiger charge is 2.33. The van der Waals surface area contributed by atoms with Crippen LogP contribution in [0.3, 0.4) is 0 Å². The maximum absolute atomic E-state index is 12.9. The van der Waals surface area contributed by atoms with Crippen molar-refractivity contribution < 1.29 is 9.53 Å². The van der Waals surface area contributed by atoms with Crippen LogP contribution in [0.1, 0.15) is 17.0 Å². The molecule has 1 fully saturated rings. The van der Waals surface area contributed by atoms with Gasteiger partial charge in [0.2, 0.25) is 5.91 Å². The molecular weight excluding hydrogens is 362 g/mol. The third-order valence-electron chi connectivity index (χ3n) is 5.10. The van der Waals surface area contributed by atoms with Gasteiger partial charge in [0, 0.05) is 30.8 Å². The molecule has 1 amide bonds. The van der Waals surface area contributed by atoms with E-state index in [1.807, 2.05) is 36.4 Å². The Morgan fingerprint density at radius 2 is 1.76 bits per heavy atom. The summed E-state index contributed by atoms with van der Waals surface area (Å²) in [4.78, 5) is 12.9. The van der Waals surface area contributed by atoms with Crippen LogP contribution >= 0.6 is 0 Å². The average Bonchev–Trinajstić information content (AvgIpc) is 3.25. The zero-order valence-corrected chi connectivity index (χ0v) is 15.8. The highest BCUT2D eigenvalue weighted by Crippen LogP contribution is 2.30. The summed E-state index contributed by atoms with van der Waals surface area (Å²) in [7, 11) is 0. The normalized spacial score (nSPS) is 18.0. The molecule has 3 aromatic carbocycles. The molecule has 4 rings (SSSR count). The standard InChI is InChI=1S/C24H21N3O2/c25-14-17-9-11-20(12-10-17)29-21-8-4-7-19(13-21)27-24(28)23-16-26-15-22(23)18-5-2-1-3-6-18/h1-13,22-23,26H,15-16H2,(H,27,28)/t22-,23+/m1/s1. The first-order valence-corrected chi connectivity index (χ1v) is 9.57. The van der Waals surface area contributed by atoms with Crippen LogP contribution in [-0.4, -0.2) is 19.0 Å². The summed E-state index contributed by atoms with van der Waals surface area (Å²) in [6, 6.07) is 26.5. The minimum atomic E-state index is -0.125. The van der Waals surface area contributed by atoms with Crippen molar-refractivity contribution in [1.82, 2.24) is 5.32 Å².